The van der Waals surface area contributed by atoms with Crippen LogP contribution in [0.4, 0.5) is 0 Å². The van der Waals surface area contributed by atoms with E-state index in [4.69, 9.17) is 9.47 Å². The van der Waals surface area contributed by atoms with Crippen molar-refractivity contribution in [2.24, 2.45) is 0 Å². The molecule has 12 rings (SSSR count). The van der Waals surface area contributed by atoms with Gasteiger partial charge in [-0.05, 0) is 205 Å². The number of benzene rings is 11. The molecule has 4 nitrogen and oxygen atoms in total. The number of carbonyl (C=O) groups excluding carboxylic acids is 2. The molecular formula is C68H52O4. The summed E-state index contributed by atoms with van der Waals surface area (Å²) < 4.78 is 11.5. The molecule has 0 fully saturated rings. The highest BCUT2D eigenvalue weighted by atomic mass is 16.5. The summed E-state index contributed by atoms with van der Waals surface area (Å²) >= 11 is 0. The average molecular weight is 933 g/mol. The van der Waals surface area contributed by atoms with Crippen molar-refractivity contribution in [3.05, 3.63) is 244 Å². The summed E-state index contributed by atoms with van der Waals surface area (Å²) in [7, 11) is 1.40. The number of fused-ring (bicyclic) bond motifs is 7. The van der Waals surface area contributed by atoms with Gasteiger partial charge in [0.1, 0.15) is 5.75 Å². The standard InChI is InChI=1S/C68H52O4/c1-39-18-26-55-58(31-39)64(54-25-17-40(2)32-59(54)65(55)48-22-20-46-30-41(3)29-42(4)56(46)35-48)47-21-19-45-38-63(43(5)33-51(45)34-47)72-67(70)50-23-27-53-52-15-11-12-16-60(52)68(6,62(53)37-50)61-28-24-49(66(69)71-7)36-57(61)44-13-9-8-10-14-44/h8-38H,1-7H3. The van der Waals surface area contributed by atoms with E-state index in [1.807, 2.05) is 67.6 Å². The summed E-state index contributed by atoms with van der Waals surface area (Å²) in [4.78, 5) is 27.3. The first-order valence-corrected chi connectivity index (χ1v) is 24.7. The fraction of sp³-hybridized carbons (Fsp3) is 0.118. The van der Waals surface area contributed by atoms with E-state index >= 15 is 0 Å². The van der Waals surface area contributed by atoms with Crippen molar-refractivity contribution in [2.75, 3.05) is 7.11 Å². The Morgan fingerprint density at radius 2 is 1.01 bits per heavy atom. The zero-order valence-corrected chi connectivity index (χ0v) is 41.5. The molecule has 0 heterocycles. The summed E-state index contributed by atoms with van der Waals surface area (Å²) in [5.74, 6) is -0.311. The quantitative estimate of drug-likeness (QED) is 0.0908. The lowest BCUT2D eigenvalue weighted by molar-refractivity contribution is 0.0600. The molecule has 11 aromatic carbocycles. The van der Waals surface area contributed by atoms with Gasteiger partial charge in [-0.25, -0.2) is 9.59 Å². The molecule has 1 atom stereocenters. The van der Waals surface area contributed by atoms with Gasteiger partial charge < -0.3 is 9.47 Å². The van der Waals surface area contributed by atoms with Crippen LogP contribution in [0, 0.1) is 34.6 Å². The first-order chi connectivity index (χ1) is 34.9. The van der Waals surface area contributed by atoms with Crippen LogP contribution in [0.15, 0.2) is 188 Å². The molecule has 1 unspecified atom stereocenters. The highest BCUT2D eigenvalue weighted by Crippen LogP contribution is 2.55. The van der Waals surface area contributed by atoms with Gasteiger partial charge >= 0.3 is 11.9 Å². The molecule has 0 aliphatic heterocycles. The zero-order chi connectivity index (χ0) is 49.6. The van der Waals surface area contributed by atoms with E-state index < -0.39 is 17.4 Å². The molecule has 348 valence electrons. The van der Waals surface area contributed by atoms with Crippen LogP contribution >= 0.6 is 0 Å². The maximum atomic E-state index is 14.5. The smallest absolute Gasteiger partial charge is 0.343 e. The number of methoxy groups -OCH3 is 1. The largest absolute Gasteiger partial charge is 0.465 e. The number of ether oxygens (including phenoxy) is 2. The minimum Gasteiger partial charge on any atom is -0.465 e. The van der Waals surface area contributed by atoms with Crippen molar-refractivity contribution in [3.8, 4) is 50.3 Å². The highest BCUT2D eigenvalue weighted by Gasteiger charge is 2.43. The number of rotatable bonds is 7. The Labute approximate surface area is 420 Å². The monoisotopic (exact) mass is 932 g/mol. The van der Waals surface area contributed by atoms with Crippen LogP contribution in [0.1, 0.15) is 72.1 Å². The number of aryl methyl sites for hydroxylation is 5. The van der Waals surface area contributed by atoms with Gasteiger partial charge in [-0.3, -0.25) is 0 Å². The van der Waals surface area contributed by atoms with Crippen molar-refractivity contribution in [1.29, 1.82) is 0 Å². The molecule has 0 spiro atoms. The molecule has 0 saturated heterocycles. The molecule has 11 aromatic rings. The lowest BCUT2D eigenvalue weighted by Gasteiger charge is -2.31. The zero-order valence-electron chi connectivity index (χ0n) is 41.5. The molecule has 0 saturated carbocycles. The van der Waals surface area contributed by atoms with Gasteiger partial charge in [0.25, 0.3) is 0 Å². The Morgan fingerprint density at radius 1 is 0.389 bits per heavy atom. The van der Waals surface area contributed by atoms with E-state index in [-0.39, 0.29) is 0 Å². The molecule has 0 amide bonds. The Hall–Kier alpha value is -8.60. The van der Waals surface area contributed by atoms with Crippen molar-refractivity contribution in [2.45, 2.75) is 47.0 Å². The molecule has 1 aliphatic rings. The Morgan fingerprint density at radius 3 is 1.74 bits per heavy atom. The third-order valence-corrected chi connectivity index (χ3v) is 15.3. The predicted molar refractivity (Wildman–Crippen MR) is 297 cm³/mol. The lowest BCUT2D eigenvalue weighted by Crippen LogP contribution is -2.24. The summed E-state index contributed by atoms with van der Waals surface area (Å²) in [6.45, 7) is 12.9. The summed E-state index contributed by atoms with van der Waals surface area (Å²) in [5, 5.41) is 9.45. The van der Waals surface area contributed by atoms with Gasteiger partial charge in [-0.15, -0.1) is 0 Å². The Bertz CT molecular complexity index is 4100. The predicted octanol–water partition coefficient (Wildman–Crippen LogP) is 17.2. The second kappa shape index (κ2) is 17.1. The normalized spacial score (nSPS) is 13.9. The topological polar surface area (TPSA) is 52.6 Å². The lowest BCUT2D eigenvalue weighted by atomic mass is 9.71. The van der Waals surface area contributed by atoms with Gasteiger partial charge in [0.2, 0.25) is 0 Å². The maximum Gasteiger partial charge on any atom is 0.343 e. The van der Waals surface area contributed by atoms with E-state index in [0.29, 0.717) is 16.9 Å². The van der Waals surface area contributed by atoms with Crippen LogP contribution in [0.25, 0.3) is 87.6 Å². The second-order valence-electron chi connectivity index (χ2n) is 20.0. The third kappa shape index (κ3) is 7.20. The van der Waals surface area contributed by atoms with Gasteiger partial charge in [0.15, 0.2) is 0 Å². The summed E-state index contributed by atoms with van der Waals surface area (Å²) in [6.07, 6.45) is 0. The van der Waals surface area contributed by atoms with E-state index in [1.54, 1.807) is 0 Å². The van der Waals surface area contributed by atoms with Crippen molar-refractivity contribution in [3.63, 3.8) is 0 Å². The minimum atomic E-state index is -0.679. The average Bonchev–Trinajstić information content (AvgIpc) is 3.65. The van der Waals surface area contributed by atoms with Crippen molar-refractivity contribution >= 4 is 55.0 Å². The molecule has 0 bridgehead atoms. The van der Waals surface area contributed by atoms with Crippen LogP contribution in [0.5, 0.6) is 5.75 Å². The first-order valence-electron chi connectivity index (χ1n) is 24.7. The van der Waals surface area contributed by atoms with E-state index in [9.17, 15) is 9.59 Å². The van der Waals surface area contributed by atoms with Gasteiger partial charge in [0, 0.05) is 5.41 Å². The van der Waals surface area contributed by atoms with E-state index in [0.717, 1.165) is 60.8 Å². The number of hydrogen-bond donors (Lipinski definition) is 0. The Balaban J connectivity index is 0.927. The number of carbonyl (C=O) groups is 2. The van der Waals surface area contributed by atoms with Crippen molar-refractivity contribution in [1.82, 2.24) is 0 Å². The molecule has 0 aromatic heterocycles. The SMILES string of the molecule is COC(=O)c1ccc(C2(C)c3ccccc3-c3ccc(C(=O)Oc4cc5ccc(-c6c7ccc(C)cc7c(-c7ccc8cc(C)cc(C)c8c7)c7ccc(C)cc67)cc5cc4C)cc32)c(-c2ccccc2)c1. The Kier molecular flexibility index (Phi) is 10.6. The van der Waals surface area contributed by atoms with Gasteiger partial charge in [0.05, 0.1) is 18.2 Å². The van der Waals surface area contributed by atoms with E-state index in [1.165, 1.54) is 78.4 Å². The third-order valence-electron chi connectivity index (χ3n) is 15.3. The van der Waals surface area contributed by atoms with Crippen LogP contribution < -0.4 is 4.74 Å². The van der Waals surface area contributed by atoms with Crippen molar-refractivity contribution < 1.29 is 19.1 Å². The molecular weight excluding hydrogens is 881 g/mol. The maximum absolute atomic E-state index is 14.5. The highest BCUT2D eigenvalue weighted by molar-refractivity contribution is 6.22. The summed E-state index contributed by atoms with van der Waals surface area (Å²) in [5.41, 5.74) is 18.1. The molecule has 0 N–H and O–H groups in total. The summed E-state index contributed by atoms with van der Waals surface area (Å²) in [6, 6.07) is 66.2. The number of esters is 2. The van der Waals surface area contributed by atoms with Crippen LogP contribution in [-0.4, -0.2) is 19.0 Å². The molecule has 72 heavy (non-hydrogen) atoms. The molecule has 1 aliphatic carbocycles. The van der Waals surface area contributed by atoms with E-state index in [2.05, 4.69) is 162 Å². The van der Waals surface area contributed by atoms with Gasteiger partial charge in [-0.2, -0.15) is 0 Å². The van der Waals surface area contributed by atoms with Gasteiger partial charge in [-0.1, -0.05) is 156 Å². The molecule has 4 heteroatoms. The minimum absolute atomic E-state index is 0.397. The second-order valence-corrected chi connectivity index (χ2v) is 20.0. The molecule has 0 radical (unpaired) electrons. The van der Waals surface area contributed by atoms with Crippen LogP contribution in [-0.2, 0) is 10.2 Å². The van der Waals surface area contributed by atoms with Crippen LogP contribution in [0.2, 0.25) is 0 Å². The number of hydrogen-bond acceptors (Lipinski definition) is 4. The fourth-order valence-electron chi connectivity index (χ4n) is 11.8. The van der Waals surface area contributed by atoms with Crippen LogP contribution in [0.3, 0.4) is 0 Å². The first kappa shape index (κ1) is 44.6. The fourth-order valence-corrected chi connectivity index (χ4v) is 11.8.